The van der Waals surface area contributed by atoms with Gasteiger partial charge in [0.2, 0.25) is 0 Å². The summed E-state index contributed by atoms with van der Waals surface area (Å²) in [4.78, 5) is 6.08. The zero-order chi connectivity index (χ0) is 10.4. The third-order valence-corrected chi connectivity index (χ3v) is 3.55. The molecule has 0 atom stereocenters. The fourth-order valence-corrected chi connectivity index (χ4v) is 2.76. The second kappa shape index (κ2) is 6.18. The van der Waals surface area contributed by atoms with Crippen LogP contribution in [0, 0.1) is 6.92 Å². The first-order chi connectivity index (χ1) is 6.77. The molecular formula is C12H21NS. The number of unbranched alkanes of at least 4 members (excludes halogenated alkanes) is 3. The molecule has 0 saturated heterocycles. The first-order valence-electron chi connectivity index (χ1n) is 5.73. The Morgan fingerprint density at radius 2 is 1.93 bits per heavy atom. The van der Waals surface area contributed by atoms with E-state index in [1.165, 1.54) is 47.7 Å². The number of aromatic nitrogens is 1. The van der Waals surface area contributed by atoms with Crippen molar-refractivity contribution in [2.45, 2.75) is 59.3 Å². The maximum absolute atomic E-state index is 4.55. The van der Waals surface area contributed by atoms with E-state index in [1.807, 2.05) is 11.3 Å². The number of hydrogen-bond donors (Lipinski definition) is 0. The summed E-state index contributed by atoms with van der Waals surface area (Å²) in [7, 11) is 0. The van der Waals surface area contributed by atoms with E-state index >= 15 is 0 Å². The number of aryl methyl sites for hydroxylation is 3. The standard InChI is InChI=1S/C12H21NS/c1-4-6-7-8-9-12-11(5-2)13-10(3)14-12/h4-9H2,1-3H3. The fraction of sp³-hybridized carbons (Fsp3) is 0.750. The Labute approximate surface area is 91.6 Å². The molecule has 0 fully saturated rings. The molecule has 1 rings (SSSR count). The molecule has 80 valence electrons. The molecule has 0 spiro atoms. The summed E-state index contributed by atoms with van der Waals surface area (Å²) in [5.41, 5.74) is 1.34. The highest BCUT2D eigenvalue weighted by atomic mass is 32.1. The summed E-state index contributed by atoms with van der Waals surface area (Å²) in [5, 5.41) is 1.23. The average molecular weight is 211 g/mol. The summed E-state index contributed by atoms with van der Waals surface area (Å²) in [6.45, 7) is 6.57. The van der Waals surface area contributed by atoms with Gasteiger partial charge in [0.15, 0.2) is 0 Å². The predicted molar refractivity (Wildman–Crippen MR) is 64.1 cm³/mol. The molecule has 0 amide bonds. The van der Waals surface area contributed by atoms with E-state index in [0.29, 0.717) is 0 Å². The third-order valence-electron chi connectivity index (χ3n) is 2.48. The van der Waals surface area contributed by atoms with Gasteiger partial charge < -0.3 is 0 Å². The van der Waals surface area contributed by atoms with Gasteiger partial charge in [-0.05, 0) is 26.2 Å². The number of nitrogens with zero attached hydrogens (tertiary/aromatic N) is 1. The molecule has 14 heavy (non-hydrogen) atoms. The molecule has 1 aromatic heterocycles. The molecule has 0 bridgehead atoms. The van der Waals surface area contributed by atoms with Gasteiger partial charge in [-0.3, -0.25) is 0 Å². The smallest absolute Gasteiger partial charge is 0.0900 e. The molecular weight excluding hydrogens is 190 g/mol. The van der Waals surface area contributed by atoms with Crippen LogP contribution in [0.4, 0.5) is 0 Å². The number of hydrogen-bond acceptors (Lipinski definition) is 2. The Bertz CT molecular complexity index is 265. The lowest BCUT2D eigenvalue weighted by molar-refractivity contribution is 0.667. The summed E-state index contributed by atoms with van der Waals surface area (Å²) >= 11 is 1.89. The first kappa shape index (κ1) is 11.7. The van der Waals surface area contributed by atoms with Crippen molar-refractivity contribution < 1.29 is 0 Å². The van der Waals surface area contributed by atoms with Crippen molar-refractivity contribution in [1.82, 2.24) is 4.98 Å². The lowest BCUT2D eigenvalue weighted by Crippen LogP contribution is -1.89. The van der Waals surface area contributed by atoms with Gasteiger partial charge in [-0.1, -0.05) is 33.1 Å². The van der Waals surface area contributed by atoms with Crippen molar-refractivity contribution in [1.29, 1.82) is 0 Å². The van der Waals surface area contributed by atoms with Gasteiger partial charge in [0.1, 0.15) is 0 Å². The number of thiazole rings is 1. The highest BCUT2D eigenvalue weighted by Crippen LogP contribution is 2.21. The zero-order valence-electron chi connectivity index (χ0n) is 9.60. The molecule has 0 aliphatic rings. The summed E-state index contributed by atoms with van der Waals surface area (Å²) in [6.07, 6.45) is 7.74. The monoisotopic (exact) mass is 211 g/mol. The molecule has 1 nitrogen and oxygen atoms in total. The maximum Gasteiger partial charge on any atom is 0.0900 e. The SMILES string of the molecule is CCCCCCc1sc(C)nc1CC. The maximum atomic E-state index is 4.55. The molecule has 1 heterocycles. The van der Waals surface area contributed by atoms with E-state index < -0.39 is 0 Å². The Kier molecular flexibility index (Phi) is 5.16. The molecule has 0 unspecified atom stereocenters. The fourth-order valence-electron chi connectivity index (χ4n) is 1.70. The molecule has 2 heteroatoms. The summed E-state index contributed by atoms with van der Waals surface area (Å²) < 4.78 is 0. The molecule has 0 saturated carbocycles. The van der Waals surface area contributed by atoms with Crippen LogP contribution in [-0.4, -0.2) is 4.98 Å². The van der Waals surface area contributed by atoms with Crippen LogP contribution in [0.3, 0.4) is 0 Å². The molecule has 0 radical (unpaired) electrons. The molecule has 1 aromatic rings. The van der Waals surface area contributed by atoms with Crippen LogP contribution >= 0.6 is 11.3 Å². The zero-order valence-corrected chi connectivity index (χ0v) is 10.4. The highest BCUT2D eigenvalue weighted by Gasteiger charge is 2.06. The van der Waals surface area contributed by atoms with Crippen molar-refractivity contribution >= 4 is 11.3 Å². The van der Waals surface area contributed by atoms with Crippen LogP contribution in [0.15, 0.2) is 0 Å². The van der Waals surface area contributed by atoms with E-state index in [-0.39, 0.29) is 0 Å². The molecule has 0 aliphatic heterocycles. The van der Waals surface area contributed by atoms with Crippen LogP contribution in [0.2, 0.25) is 0 Å². The van der Waals surface area contributed by atoms with Gasteiger partial charge in [-0.25, -0.2) is 4.98 Å². The second-order valence-electron chi connectivity index (χ2n) is 3.77. The van der Waals surface area contributed by atoms with Crippen molar-refractivity contribution in [3.8, 4) is 0 Å². The van der Waals surface area contributed by atoms with Gasteiger partial charge in [0.05, 0.1) is 10.7 Å². The average Bonchev–Trinajstić information content (AvgIpc) is 2.54. The van der Waals surface area contributed by atoms with Gasteiger partial charge in [0.25, 0.3) is 0 Å². The van der Waals surface area contributed by atoms with E-state index in [2.05, 4.69) is 25.8 Å². The van der Waals surface area contributed by atoms with Crippen molar-refractivity contribution in [3.05, 3.63) is 15.6 Å². The van der Waals surface area contributed by atoms with Crippen molar-refractivity contribution in [2.75, 3.05) is 0 Å². The minimum atomic E-state index is 1.09. The normalized spacial score (nSPS) is 10.8. The van der Waals surface area contributed by atoms with Crippen LogP contribution in [0.1, 0.15) is 55.1 Å². The van der Waals surface area contributed by atoms with Crippen LogP contribution < -0.4 is 0 Å². The summed E-state index contributed by atoms with van der Waals surface area (Å²) in [5.74, 6) is 0. The van der Waals surface area contributed by atoms with Crippen LogP contribution in [-0.2, 0) is 12.8 Å². The first-order valence-corrected chi connectivity index (χ1v) is 6.54. The van der Waals surface area contributed by atoms with E-state index in [4.69, 9.17) is 0 Å². The van der Waals surface area contributed by atoms with Crippen LogP contribution in [0.25, 0.3) is 0 Å². The van der Waals surface area contributed by atoms with Gasteiger partial charge in [-0.2, -0.15) is 0 Å². The lowest BCUT2D eigenvalue weighted by Gasteiger charge is -1.99. The van der Waals surface area contributed by atoms with Crippen molar-refractivity contribution in [2.24, 2.45) is 0 Å². The Balaban J connectivity index is 2.41. The predicted octanol–water partition coefficient (Wildman–Crippen LogP) is 4.14. The minimum Gasteiger partial charge on any atom is -0.246 e. The van der Waals surface area contributed by atoms with Gasteiger partial charge in [-0.15, -0.1) is 11.3 Å². The summed E-state index contributed by atoms with van der Waals surface area (Å²) in [6, 6.07) is 0. The Hall–Kier alpha value is -0.370. The van der Waals surface area contributed by atoms with E-state index in [9.17, 15) is 0 Å². The Morgan fingerprint density at radius 3 is 2.57 bits per heavy atom. The largest absolute Gasteiger partial charge is 0.246 e. The minimum absolute atomic E-state index is 1.09. The second-order valence-corrected chi connectivity index (χ2v) is 5.05. The third kappa shape index (κ3) is 3.41. The Morgan fingerprint density at radius 1 is 1.14 bits per heavy atom. The van der Waals surface area contributed by atoms with E-state index in [1.54, 1.807) is 0 Å². The molecule has 0 N–H and O–H groups in total. The molecule has 0 aliphatic carbocycles. The van der Waals surface area contributed by atoms with Crippen LogP contribution in [0.5, 0.6) is 0 Å². The molecule has 0 aromatic carbocycles. The topological polar surface area (TPSA) is 12.9 Å². The van der Waals surface area contributed by atoms with Crippen molar-refractivity contribution in [3.63, 3.8) is 0 Å². The lowest BCUT2D eigenvalue weighted by atomic mass is 10.1. The highest BCUT2D eigenvalue weighted by molar-refractivity contribution is 7.11. The number of rotatable bonds is 6. The quantitative estimate of drug-likeness (QED) is 0.645. The van der Waals surface area contributed by atoms with Gasteiger partial charge in [0, 0.05) is 4.88 Å². The van der Waals surface area contributed by atoms with Gasteiger partial charge >= 0.3 is 0 Å². The van der Waals surface area contributed by atoms with E-state index in [0.717, 1.165) is 6.42 Å².